The number of hydrogen-bond acceptors (Lipinski definition) is 4. The quantitative estimate of drug-likeness (QED) is 0.880. The molecule has 1 unspecified atom stereocenters. The molecule has 0 spiro atoms. The average molecular weight is 328 g/mol. The van der Waals surface area contributed by atoms with Crippen LogP contribution < -0.4 is 10.1 Å². The molecular weight excluding hydrogens is 308 g/mol. The first-order valence-electron chi connectivity index (χ1n) is 7.86. The van der Waals surface area contributed by atoms with E-state index in [1.807, 2.05) is 30.3 Å². The summed E-state index contributed by atoms with van der Waals surface area (Å²) in [6, 6.07) is 11.1. The van der Waals surface area contributed by atoms with Crippen LogP contribution in [0.2, 0.25) is 0 Å². The van der Waals surface area contributed by atoms with Crippen molar-refractivity contribution < 1.29 is 18.7 Å². The van der Waals surface area contributed by atoms with Gasteiger partial charge in [0.25, 0.3) is 0 Å². The number of hydrogen-bond donors (Lipinski definition) is 1. The maximum atomic E-state index is 12.3. The minimum atomic E-state index is -0.321. The van der Waals surface area contributed by atoms with Crippen molar-refractivity contribution in [3.8, 4) is 5.75 Å². The van der Waals surface area contributed by atoms with Crippen LogP contribution in [0.25, 0.3) is 0 Å². The second kappa shape index (κ2) is 7.21. The molecule has 2 aromatic rings. The fourth-order valence-electron chi connectivity index (χ4n) is 2.81. The Kier molecular flexibility index (Phi) is 4.84. The number of nitrogens with zero attached hydrogens (tertiary/aromatic N) is 1. The molecule has 1 atom stereocenters. The summed E-state index contributed by atoms with van der Waals surface area (Å²) >= 11 is 0. The molecule has 3 rings (SSSR count). The molecular formula is C18H20N2O4. The van der Waals surface area contributed by atoms with E-state index in [0.717, 1.165) is 17.1 Å². The van der Waals surface area contributed by atoms with Crippen LogP contribution in [0.5, 0.6) is 5.75 Å². The van der Waals surface area contributed by atoms with Gasteiger partial charge < -0.3 is 19.4 Å². The Morgan fingerprint density at radius 1 is 1.38 bits per heavy atom. The van der Waals surface area contributed by atoms with Gasteiger partial charge in [0.2, 0.25) is 11.8 Å². The first kappa shape index (κ1) is 16.1. The first-order chi connectivity index (χ1) is 11.7. The topological polar surface area (TPSA) is 71.8 Å². The van der Waals surface area contributed by atoms with Gasteiger partial charge in [-0.25, -0.2) is 0 Å². The largest absolute Gasteiger partial charge is 0.497 e. The highest BCUT2D eigenvalue weighted by Gasteiger charge is 2.34. The minimum Gasteiger partial charge on any atom is -0.497 e. The van der Waals surface area contributed by atoms with Crippen LogP contribution in [0.1, 0.15) is 17.7 Å². The number of amides is 2. The summed E-state index contributed by atoms with van der Waals surface area (Å²) in [7, 11) is 1.61. The smallest absolute Gasteiger partial charge is 0.225 e. The Morgan fingerprint density at radius 2 is 2.25 bits per heavy atom. The summed E-state index contributed by atoms with van der Waals surface area (Å²) in [5.41, 5.74) is 0.958. The molecule has 1 saturated heterocycles. The fraction of sp³-hybridized carbons (Fsp3) is 0.333. The van der Waals surface area contributed by atoms with Crippen LogP contribution in [-0.2, 0) is 22.7 Å². The van der Waals surface area contributed by atoms with Crippen LogP contribution in [-0.4, -0.2) is 30.4 Å². The Hall–Kier alpha value is -2.76. The van der Waals surface area contributed by atoms with Crippen LogP contribution >= 0.6 is 0 Å². The van der Waals surface area contributed by atoms with Crippen LogP contribution in [0, 0.1) is 5.92 Å². The molecule has 24 heavy (non-hydrogen) atoms. The van der Waals surface area contributed by atoms with Gasteiger partial charge in [-0.1, -0.05) is 12.1 Å². The van der Waals surface area contributed by atoms with Crippen LogP contribution in [0.15, 0.2) is 47.1 Å². The molecule has 0 aliphatic carbocycles. The lowest BCUT2D eigenvalue weighted by atomic mass is 10.1. The van der Waals surface area contributed by atoms with Crippen molar-refractivity contribution in [1.82, 2.24) is 10.2 Å². The van der Waals surface area contributed by atoms with E-state index in [9.17, 15) is 9.59 Å². The summed E-state index contributed by atoms with van der Waals surface area (Å²) in [5, 5.41) is 2.90. The number of furan rings is 1. The molecule has 0 saturated carbocycles. The van der Waals surface area contributed by atoms with Crippen molar-refractivity contribution in [2.45, 2.75) is 19.5 Å². The fourth-order valence-corrected chi connectivity index (χ4v) is 2.81. The number of carbonyl (C=O) groups is 2. The summed E-state index contributed by atoms with van der Waals surface area (Å²) in [6.07, 6.45) is 1.82. The van der Waals surface area contributed by atoms with E-state index >= 15 is 0 Å². The first-order valence-corrected chi connectivity index (χ1v) is 7.86. The predicted octanol–water partition coefficient (Wildman–Crippen LogP) is 1.95. The van der Waals surface area contributed by atoms with E-state index in [4.69, 9.17) is 9.15 Å². The molecule has 2 amide bonds. The van der Waals surface area contributed by atoms with E-state index in [1.54, 1.807) is 24.3 Å². The summed E-state index contributed by atoms with van der Waals surface area (Å²) in [5.74, 6) is 1.03. The third-order valence-electron chi connectivity index (χ3n) is 4.11. The molecule has 6 heteroatoms. The van der Waals surface area contributed by atoms with Gasteiger partial charge in [-0.3, -0.25) is 9.59 Å². The summed E-state index contributed by atoms with van der Waals surface area (Å²) < 4.78 is 10.4. The zero-order valence-corrected chi connectivity index (χ0v) is 13.5. The van der Waals surface area contributed by atoms with Gasteiger partial charge in [0.05, 0.1) is 25.8 Å². The number of methoxy groups -OCH3 is 1. The van der Waals surface area contributed by atoms with Crippen LogP contribution in [0.4, 0.5) is 0 Å². The number of rotatable bonds is 6. The van der Waals surface area contributed by atoms with Gasteiger partial charge in [-0.15, -0.1) is 0 Å². The summed E-state index contributed by atoms with van der Waals surface area (Å²) in [4.78, 5) is 26.0. The maximum absolute atomic E-state index is 12.3. The Balaban J connectivity index is 1.53. The van der Waals surface area contributed by atoms with E-state index in [-0.39, 0.29) is 24.2 Å². The van der Waals surface area contributed by atoms with E-state index < -0.39 is 0 Å². The van der Waals surface area contributed by atoms with Gasteiger partial charge in [0, 0.05) is 19.5 Å². The average Bonchev–Trinajstić information content (AvgIpc) is 3.23. The van der Waals surface area contributed by atoms with Gasteiger partial charge in [-0.05, 0) is 29.8 Å². The van der Waals surface area contributed by atoms with Crippen LogP contribution in [0.3, 0.4) is 0 Å². The SMILES string of the molecule is COc1cccc(CNC(=O)C2CC(=O)N(Cc3ccco3)C2)c1. The Bertz CT molecular complexity index is 712. The zero-order valence-electron chi connectivity index (χ0n) is 13.5. The molecule has 1 fully saturated rings. The molecule has 1 aromatic heterocycles. The van der Waals surface area contributed by atoms with Crippen molar-refractivity contribution in [2.24, 2.45) is 5.92 Å². The number of carbonyl (C=O) groups excluding carboxylic acids is 2. The lowest BCUT2D eigenvalue weighted by Crippen LogP contribution is -2.32. The maximum Gasteiger partial charge on any atom is 0.225 e. The van der Waals surface area contributed by atoms with Gasteiger partial charge in [0.1, 0.15) is 11.5 Å². The van der Waals surface area contributed by atoms with E-state index in [2.05, 4.69) is 5.32 Å². The van der Waals surface area contributed by atoms with Crippen molar-refractivity contribution in [1.29, 1.82) is 0 Å². The molecule has 1 aliphatic rings. The number of ether oxygens (including phenoxy) is 1. The lowest BCUT2D eigenvalue weighted by molar-refractivity contribution is -0.129. The molecule has 126 valence electrons. The highest BCUT2D eigenvalue weighted by molar-refractivity contribution is 5.89. The zero-order chi connectivity index (χ0) is 16.9. The highest BCUT2D eigenvalue weighted by Crippen LogP contribution is 2.21. The Labute approximate surface area is 140 Å². The molecule has 1 aliphatic heterocycles. The van der Waals surface area contributed by atoms with Crippen molar-refractivity contribution in [2.75, 3.05) is 13.7 Å². The third-order valence-corrected chi connectivity index (χ3v) is 4.11. The molecule has 1 aromatic carbocycles. The molecule has 0 bridgehead atoms. The molecule has 0 radical (unpaired) electrons. The second-order valence-corrected chi connectivity index (χ2v) is 5.82. The van der Waals surface area contributed by atoms with Gasteiger partial charge >= 0.3 is 0 Å². The van der Waals surface area contributed by atoms with Crippen molar-refractivity contribution >= 4 is 11.8 Å². The summed E-state index contributed by atoms with van der Waals surface area (Å²) in [6.45, 7) is 1.24. The molecule has 1 N–H and O–H groups in total. The van der Waals surface area contributed by atoms with Crippen molar-refractivity contribution in [3.05, 3.63) is 54.0 Å². The molecule has 2 heterocycles. The molecule has 6 nitrogen and oxygen atoms in total. The Morgan fingerprint density at radius 3 is 3.00 bits per heavy atom. The van der Waals surface area contributed by atoms with E-state index in [1.165, 1.54) is 0 Å². The third kappa shape index (κ3) is 3.76. The highest BCUT2D eigenvalue weighted by atomic mass is 16.5. The normalized spacial score (nSPS) is 17.1. The second-order valence-electron chi connectivity index (χ2n) is 5.82. The number of benzene rings is 1. The lowest BCUT2D eigenvalue weighted by Gasteiger charge is -2.15. The monoisotopic (exact) mass is 328 g/mol. The standard InChI is InChI=1S/C18H20N2O4/c1-23-15-5-2-4-13(8-15)10-19-18(22)14-9-17(21)20(11-14)12-16-6-3-7-24-16/h2-8,14H,9-12H2,1H3,(H,19,22). The van der Waals surface area contributed by atoms with Gasteiger partial charge in [-0.2, -0.15) is 0 Å². The minimum absolute atomic E-state index is 0.0204. The number of likely N-dealkylation sites (tertiary alicyclic amines) is 1. The predicted molar refractivity (Wildman–Crippen MR) is 87.1 cm³/mol. The number of nitrogens with one attached hydrogen (secondary N) is 1. The van der Waals surface area contributed by atoms with Gasteiger partial charge in [0.15, 0.2) is 0 Å². The van der Waals surface area contributed by atoms with Crippen molar-refractivity contribution in [3.63, 3.8) is 0 Å². The van der Waals surface area contributed by atoms with E-state index in [0.29, 0.717) is 19.6 Å².